The first kappa shape index (κ1) is 15.4. The Morgan fingerprint density at radius 2 is 1.95 bits per heavy atom. The van der Waals surface area contributed by atoms with Gasteiger partial charge in [-0.15, -0.1) is 0 Å². The topological polar surface area (TPSA) is 84.2 Å². The molecule has 0 spiro atoms. The number of hydrogen-bond donors (Lipinski definition) is 3. The van der Waals surface area contributed by atoms with E-state index < -0.39 is 12.1 Å². The maximum absolute atomic E-state index is 12.5. The van der Waals surface area contributed by atoms with Crippen LogP contribution in [-0.2, 0) is 4.79 Å². The molecule has 114 valence electrons. The van der Waals surface area contributed by atoms with E-state index in [1.165, 1.54) is 0 Å². The van der Waals surface area contributed by atoms with Gasteiger partial charge < -0.3 is 16.4 Å². The van der Waals surface area contributed by atoms with Crippen molar-refractivity contribution in [3.8, 4) is 0 Å². The smallest absolute Gasteiger partial charge is 0.313 e. The first-order valence-corrected chi connectivity index (χ1v) is 7.29. The van der Waals surface area contributed by atoms with Crippen LogP contribution in [0.25, 0.3) is 0 Å². The molecular formula is C16H23N3O2. The maximum Gasteiger partial charge on any atom is 0.313 e. The van der Waals surface area contributed by atoms with Gasteiger partial charge in [0.2, 0.25) is 5.91 Å². The molecule has 3 amide bonds. The average molecular weight is 289 g/mol. The van der Waals surface area contributed by atoms with E-state index in [9.17, 15) is 9.59 Å². The molecule has 0 aliphatic heterocycles. The monoisotopic (exact) mass is 289 g/mol. The van der Waals surface area contributed by atoms with Gasteiger partial charge in [-0.3, -0.25) is 4.79 Å². The maximum atomic E-state index is 12.5. The van der Waals surface area contributed by atoms with Crippen LogP contribution in [0.4, 0.5) is 4.79 Å². The lowest BCUT2D eigenvalue weighted by molar-refractivity contribution is -0.123. The van der Waals surface area contributed by atoms with Gasteiger partial charge in [0.25, 0.3) is 0 Å². The number of rotatable bonds is 4. The molecule has 4 N–H and O–H groups in total. The van der Waals surface area contributed by atoms with E-state index in [1.807, 2.05) is 18.2 Å². The standard InChI is InChI=1S/C16H23N3O2/c1-16(2)9-8-12(10-16)18-14(20)13(19-15(17)21)11-6-4-3-5-7-11/h3-7,12-13H,8-10H2,1-2H3,(H,18,20)(H3,17,19,21). The number of urea groups is 1. The van der Waals surface area contributed by atoms with E-state index in [2.05, 4.69) is 24.5 Å². The molecule has 0 radical (unpaired) electrons. The van der Waals surface area contributed by atoms with Crippen molar-refractivity contribution in [3.63, 3.8) is 0 Å². The third-order valence-corrected chi connectivity index (χ3v) is 4.00. The second-order valence-electron chi connectivity index (χ2n) is 6.46. The van der Waals surface area contributed by atoms with Crippen LogP contribution in [0.3, 0.4) is 0 Å². The molecule has 1 fully saturated rings. The molecule has 1 aromatic rings. The fraction of sp³-hybridized carbons (Fsp3) is 0.500. The van der Waals surface area contributed by atoms with Gasteiger partial charge in [-0.2, -0.15) is 0 Å². The number of nitrogens with one attached hydrogen (secondary N) is 2. The summed E-state index contributed by atoms with van der Waals surface area (Å²) >= 11 is 0. The summed E-state index contributed by atoms with van der Waals surface area (Å²) in [6, 6.07) is 7.85. The second-order valence-corrected chi connectivity index (χ2v) is 6.46. The number of primary amides is 1. The van der Waals surface area contributed by atoms with Crippen molar-refractivity contribution in [2.45, 2.75) is 45.2 Å². The fourth-order valence-corrected chi connectivity index (χ4v) is 2.93. The largest absolute Gasteiger partial charge is 0.352 e. The minimum atomic E-state index is -0.743. The average Bonchev–Trinajstić information content (AvgIpc) is 2.76. The molecule has 21 heavy (non-hydrogen) atoms. The molecule has 2 rings (SSSR count). The van der Waals surface area contributed by atoms with Gasteiger partial charge in [-0.05, 0) is 30.2 Å². The van der Waals surface area contributed by atoms with Crippen LogP contribution in [0, 0.1) is 5.41 Å². The van der Waals surface area contributed by atoms with E-state index >= 15 is 0 Å². The van der Waals surface area contributed by atoms with Crippen molar-refractivity contribution in [2.24, 2.45) is 11.1 Å². The molecule has 2 atom stereocenters. The fourth-order valence-electron chi connectivity index (χ4n) is 2.93. The lowest BCUT2D eigenvalue weighted by atomic mass is 9.92. The van der Waals surface area contributed by atoms with Crippen molar-refractivity contribution in [3.05, 3.63) is 35.9 Å². The SMILES string of the molecule is CC1(C)CCC(NC(=O)C(NC(N)=O)c2ccccc2)C1. The Morgan fingerprint density at radius 1 is 1.29 bits per heavy atom. The Bertz CT molecular complexity index is 514. The molecule has 2 unspecified atom stereocenters. The number of carbonyl (C=O) groups excluding carboxylic acids is 2. The second kappa shape index (κ2) is 6.16. The Hall–Kier alpha value is -2.04. The van der Waals surface area contributed by atoms with Crippen molar-refractivity contribution in [2.75, 3.05) is 0 Å². The lowest BCUT2D eigenvalue weighted by Gasteiger charge is -2.22. The summed E-state index contributed by atoms with van der Waals surface area (Å²) in [7, 11) is 0. The summed E-state index contributed by atoms with van der Waals surface area (Å²) in [5.74, 6) is -0.206. The predicted octanol–water partition coefficient (Wildman–Crippen LogP) is 2.09. The van der Waals surface area contributed by atoms with E-state index in [4.69, 9.17) is 5.73 Å². The number of hydrogen-bond acceptors (Lipinski definition) is 2. The number of benzene rings is 1. The lowest BCUT2D eigenvalue weighted by Crippen LogP contribution is -2.45. The first-order valence-electron chi connectivity index (χ1n) is 7.29. The zero-order chi connectivity index (χ0) is 15.5. The minimum Gasteiger partial charge on any atom is -0.352 e. The molecule has 0 heterocycles. The van der Waals surface area contributed by atoms with Crippen molar-refractivity contribution in [1.82, 2.24) is 10.6 Å². The summed E-state index contributed by atoms with van der Waals surface area (Å²) in [6.07, 6.45) is 3.02. The van der Waals surface area contributed by atoms with Crippen LogP contribution >= 0.6 is 0 Å². The van der Waals surface area contributed by atoms with E-state index in [0.29, 0.717) is 0 Å². The highest BCUT2D eigenvalue weighted by Crippen LogP contribution is 2.37. The summed E-state index contributed by atoms with van der Waals surface area (Å²) in [5, 5.41) is 5.55. The normalized spacial score (nSPS) is 21.5. The number of carbonyl (C=O) groups is 2. The minimum absolute atomic E-state index is 0.161. The molecular weight excluding hydrogens is 266 g/mol. The van der Waals surface area contributed by atoms with Gasteiger partial charge in [-0.25, -0.2) is 4.79 Å². The van der Waals surface area contributed by atoms with Gasteiger partial charge in [0, 0.05) is 6.04 Å². The third-order valence-electron chi connectivity index (χ3n) is 4.00. The zero-order valence-corrected chi connectivity index (χ0v) is 12.6. The quantitative estimate of drug-likeness (QED) is 0.793. The molecule has 0 saturated heterocycles. The molecule has 0 bridgehead atoms. The Labute approximate surface area is 125 Å². The Morgan fingerprint density at radius 3 is 2.48 bits per heavy atom. The predicted molar refractivity (Wildman–Crippen MR) is 81.5 cm³/mol. The highest BCUT2D eigenvalue weighted by Gasteiger charge is 2.33. The van der Waals surface area contributed by atoms with E-state index in [1.54, 1.807) is 12.1 Å². The molecule has 5 nitrogen and oxygen atoms in total. The molecule has 1 aliphatic rings. The van der Waals surface area contributed by atoms with Gasteiger partial charge in [-0.1, -0.05) is 44.2 Å². The van der Waals surface area contributed by atoms with Crippen LogP contribution in [0.15, 0.2) is 30.3 Å². The number of nitrogens with two attached hydrogens (primary N) is 1. The molecule has 0 aromatic heterocycles. The van der Waals surface area contributed by atoms with Crippen molar-refractivity contribution < 1.29 is 9.59 Å². The van der Waals surface area contributed by atoms with Gasteiger partial charge in [0.05, 0.1) is 0 Å². The van der Waals surface area contributed by atoms with Crippen molar-refractivity contribution in [1.29, 1.82) is 0 Å². The van der Waals surface area contributed by atoms with Crippen molar-refractivity contribution >= 4 is 11.9 Å². The highest BCUT2D eigenvalue weighted by atomic mass is 16.2. The summed E-state index contributed by atoms with van der Waals surface area (Å²) in [4.78, 5) is 23.6. The van der Waals surface area contributed by atoms with Gasteiger partial charge in [0.1, 0.15) is 6.04 Å². The Kier molecular flexibility index (Phi) is 4.50. The zero-order valence-electron chi connectivity index (χ0n) is 12.6. The summed E-state index contributed by atoms with van der Waals surface area (Å²) in [5.41, 5.74) is 6.18. The van der Waals surface area contributed by atoms with Crippen LogP contribution in [0.2, 0.25) is 0 Å². The molecule has 1 aliphatic carbocycles. The molecule has 1 saturated carbocycles. The van der Waals surface area contributed by atoms with Crippen LogP contribution < -0.4 is 16.4 Å². The van der Waals surface area contributed by atoms with Crippen LogP contribution in [0.5, 0.6) is 0 Å². The van der Waals surface area contributed by atoms with Gasteiger partial charge in [0.15, 0.2) is 0 Å². The van der Waals surface area contributed by atoms with E-state index in [-0.39, 0.29) is 17.4 Å². The van der Waals surface area contributed by atoms with Crippen LogP contribution in [-0.4, -0.2) is 18.0 Å². The third kappa shape index (κ3) is 4.21. The van der Waals surface area contributed by atoms with E-state index in [0.717, 1.165) is 24.8 Å². The highest BCUT2D eigenvalue weighted by molar-refractivity contribution is 5.87. The number of amides is 3. The molecule has 1 aromatic carbocycles. The van der Waals surface area contributed by atoms with Gasteiger partial charge >= 0.3 is 6.03 Å². The first-order chi connectivity index (χ1) is 9.87. The summed E-state index contributed by atoms with van der Waals surface area (Å²) < 4.78 is 0. The van der Waals surface area contributed by atoms with Crippen LogP contribution in [0.1, 0.15) is 44.7 Å². The molecule has 5 heteroatoms. The Balaban J connectivity index is 2.07. The summed E-state index contributed by atoms with van der Waals surface area (Å²) in [6.45, 7) is 4.41.